The Bertz CT molecular complexity index is 656. The van der Waals surface area contributed by atoms with Crippen molar-refractivity contribution in [2.24, 2.45) is 11.1 Å². The number of hydrogen-bond acceptors (Lipinski definition) is 3. The van der Waals surface area contributed by atoms with Crippen LogP contribution in [0.15, 0.2) is 18.2 Å². The standard InChI is InChI=1S/C16H17FN2O2/c1-16(2)9-14(20)19(15(16)21)10-12-6-5-11(4-3-7-18)8-13(12)17/h5-6,8H,7,9-10,18H2,1-2H3. The van der Waals surface area contributed by atoms with Gasteiger partial charge in [0.15, 0.2) is 0 Å². The van der Waals surface area contributed by atoms with Crippen LogP contribution in [0, 0.1) is 23.1 Å². The molecule has 1 aromatic rings. The maximum atomic E-state index is 14.0. The fraction of sp³-hybridized carbons (Fsp3) is 0.375. The molecule has 110 valence electrons. The normalized spacial score (nSPS) is 16.9. The van der Waals surface area contributed by atoms with Crippen molar-refractivity contribution in [1.82, 2.24) is 4.90 Å². The Hall–Kier alpha value is -2.19. The summed E-state index contributed by atoms with van der Waals surface area (Å²) in [5.74, 6) is 4.36. The number of hydrogen-bond donors (Lipinski definition) is 1. The smallest absolute Gasteiger partial charge is 0.235 e. The van der Waals surface area contributed by atoms with Crippen LogP contribution in [0.25, 0.3) is 0 Å². The van der Waals surface area contributed by atoms with Gasteiger partial charge in [-0.05, 0) is 12.1 Å². The highest BCUT2D eigenvalue weighted by atomic mass is 19.1. The lowest BCUT2D eigenvalue weighted by atomic mass is 9.92. The van der Waals surface area contributed by atoms with Gasteiger partial charge in [0, 0.05) is 17.5 Å². The minimum atomic E-state index is -0.708. The summed E-state index contributed by atoms with van der Waals surface area (Å²) in [5.41, 5.74) is 5.37. The first-order valence-electron chi connectivity index (χ1n) is 6.67. The highest BCUT2D eigenvalue weighted by molar-refractivity contribution is 6.05. The molecule has 1 aromatic carbocycles. The SMILES string of the molecule is CC1(C)CC(=O)N(Cc2ccc(C#CCN)cc2F)C1=O. The number of amides is 2. The van der Waals surface area contributed by atoms with E-state index in [1.807, 2.05) is 0 Å². The van der Waals surface area contributed by atoms with E-state index < -0.39 is 11.2 Å². The maximum absolute atomic E-state index is 14.0. The zero-order valence-electron chi connectivity index (χ0n) is 12.1. The fourth-order valence-electron chi connectivity index (χ4n) is 2.26. The van der Waals surface area contributed by atoms with E-state index in [2.05, 4.69) is 11.8 Å². The minimum absolute atomic E-state index is 0.0441. The zero-order chi connectivity index (χ0) is 15.6. The number of imide groups is 1. The molecule has 0 radical (unpaired) electrons. The Morgan fingerprint density at radius 2 is 2.10 bits per heavy atom. The fourth-order valence-corrected chi connectivity index (χ4v) is 2.26. The topological polar surface area (TPSA) is 63.4 Å². The van der Waals surface area contributed by atoms with Gasteiger partial charge in [0.25, 0.3) is 0 Å². The minimum Gasteiger partial charge on any atom is -0.320 e. The van der Waals surface area contributed by atoms with E-state index in [0.29, 0.717) is 11.1 Å². The Labute approximate surface area is 123 Å². The molecule has 1 heterocycles. The summed E-state index contributed by atoms with van der Waals surface area (Å²) in [7, 11) is 0. The van der Waals surface area contributed by atoms with Crippen LogP contribution in [0.2, 0.25) is 0 Å². The molecule has 2 rings (SSSR count). The lowest BCUT2D eigenvalue weighted by molar-refractivity contribution is -0.141. The summed E-state index contributed by atoms with van der Waals surface area (Å²) in [6.07, 6.45) is 0.160. The number of nitrogens with two attached hydrogens (primary N) is 1. The third kappa shape index (κ3) is 3.11. The molecule has 21 heavy (non-hydrogen) atoms. The molecule has 2 N–H and O–H groups in total. The number of halogens is 1. The second-order valence-corrected chi connectivity index (χ2v) is 5.66. The molecule has 0 saturated carbocycles. The van der Waals surface area contributed by atoms with Crippen LogP contribution in [0.4, 0.5) is 4.39 Å². The Morgan fingerprint density at radius 3 is 2.62 bits per heavy atom. The molecule has 0 aromatic heterocycles. The third-order valence-electron chi connectivity index (χ3n) is 3.43. The second kappa shape index (κ2) is 5.66. The zero-order valence-corrected chi connectivity index (χ0v) is 12.1. The average Bonchev–Trinajstić information content (AvgIpc) is 2.61. The molecule has 0 unspecified atom stereocenters. The van der Waals surface area contributed by atoms with Crippen LogP contribution in [0.3, 0.4) is 0 Å². The number of rotatable bonds is 2. The predicted octanol–water partition coefficient (Wildman–Crippen LogP) is 1.42. The highest BCUT2D eigenvalue weighted by Crippen LogP contribution is 2.32. The van der Waals surface area contributed by atoms with Crippen LogP contribution in [0.5, 0.6) is 0 Å². The van der Waals surface area contributed by atoms with Gasteiger partial charge >= 0.3 is 0 Å². The molecule has 1 aliphatic rings. The van der Waals surface area contributed by atoms with Crippen LogP contribution in [-0.4, -0.2) is 23.3 Å². The number of likely N-dealkylation sites (tertiary alicyclic amines) is 1. The number of carbonyl (C=O) groups excluding carboxylic acids is 2. The van der Waals surface area contributed by atoms with Gasteiger partial charge in [-0.25, -0.2) is 4.39 Å². The summed E-state index contributed by atoms with van der Waals surface area (Å²) in [5, 5.41) is 0. The van der Waals surface area contributed by atoms with Gasteiger partial charge in [0.1, 0.15) is 5.82 Å². The van der Waals surface area contributed by atoms with Gasteiger partial charge in [0.05, 0.1) is 18.5 Å². The van der Waals surface area contributed by atoms with Crippen molar-refractivity contribution in [3.63, 3.8) is 0 Å². The van der Waals surface area contributed by atoms with Gasteiger partial charge in [-0.1, -0.05) is 31.8 Å². The summed E-state index contributed by atoms with van der Waals surface area (Å²) >= 11 is 0. The largest absolute Gasteiger partial charge is 0.320 e. The van der Waals surface area contributed by atoms with Gasteiger partial charge in [-0.2, -0.15) is 0 Å². The van der Waals surface area contributed by atoms with Crippen LogP contribution < -0.4 is 5.73 Å². The van der Waals surface area contributed by atoms with Crippen molar-refractivity contribution in [2.45, 2.75) is 26.8 Å². The van der Waals surface area contributed by atoms with E-state index in [1.54, 1.807) is 26.0 Å². The molecule has 1 fully saturated rings. The molecular weight excluding hydrogens is 271 g/mol. The number of benzene rings is 1. The summed E-state index contributed by atoms with van der Waals surface area (Å²) < 4.78 is 14.0. The van der Waals surface area contributed by atoms with E-state index >= 15 is 0 Å². The van der Waals surface area contributed by atoms with Crippen molar-refractivity contribution < 1.29 is 14.0 Å². The first-order chi connectivity index (χ1) is 9.85. The van der Waals surface area contributed by atoms with Gasteiger partial charge in [-0.3, -0.25) is 14.5 Å². The summed E-state index contributed by atoms with van der Waals surface area (Å²) in [6.45, 7) is 3.59. The summed E-state index contributed by atoms with van der Waals surface area (Å²) in [6, 6.07) is 4.48. The number of nitrogens with zero attached hydrogens (tertiary/aromatic N) is 1. The molecule has 1 saturated heterocycles. The van der Waals surface area contributed by atoms with Crippen molar-refractivity contribution in [2.75, 3.05) is 6.54 Å². The second-order valence-electron chi connectivity index (χ2n) is 5.66. The predicted molar refractivity (Wildman–Crippen MR) is 76.3 cm³/mol. The van der Waals surface area contributed by atoms with Crippen molar-refractivity contribution in [3.8, 4) is 11.8 Å². The van der Waals surface area contributed by atoms with Crippen molar-refractivity contribution in [1.29, 1.82) is 0 Å². The summed E-state index contributed by atoms with van der Waals surface area (Å²) in [4.78, 5) is 25.1. The first-order valence-corrected chi connectivity index (χ1v) is 6.67. The third-order valence-corrected chi connectivity index (χ3v) is 3.43. The average molecular weight is 288 g/mol. The monoisotopic (exact) mass is 288 g/mol. The molecule has 5 heteroatoms. The van der Waals surface area contributed by atoms with Crippen molar-refractivity contribution in [3.05, 3.63) is 35.1 Å². The van der Waals surface area contributed by atoms with E-state index in [4.69, 9.17) is 5.73 Å². The Morgan fingerprint density at radius 1 is 1.38 bits per heavy atom. The van der Waals surface area contributed by atoms with Gasteiger partial charge in [-0.15, -0.1) is 0 Å². The Balaban J connectivity index is 2.21. The quantitative estimate of drug-likeness (QED) is 0.661. The lowest BCUT2D eigenvalue weighted by Gasteiger charge is -2.18. The van der Waals surface area contributed by atoms with Crippen LogP contribution >= 0.6 is 0 Å². The van der Waals surface area contributed by atoms with Crippen molar-refractivity contribution >= 4 is 11.8 Å². The van der Waals surface area contributed by atoms with Gasteiger partial charge in [0.2, 0.25) is 11.8 Å². The van der Waals surface area contributed by atoms with E-state index in [-0.39, 0.29) is 31.3 Å². The molecule has 0 spiro atoms. The lowest BCUT2D eigenvalue weighted by Crippen LogP contribution is -2.32. The van der Waals surface area contributed by atoms with Gasteiger partial charge < -0.3 is 5.73 Å². The molecule has 0 atom stereocenters. The Kier molecular flexibility index (Phi) is 4.10. The molecule has 0 bridgehead atoms. The van der Waals surface area contributed by atoms with E-state index in [9.17, 15) is 14.0 Å². The van der Waals surface area contributed by atoms with Crippen LogP contribution in [-0.2, 0) is 16.1 Å². The van der Waals surface area contributed by atoms with E-state index in [1.165, 1.54) is 6.07 Å². The maximum Gasteiger partial charge on any atom is 0.235 e. The first kappa shape index (κ1) is 15.2. The molecular formula is C16H17FN2O2. The number of carbonyl (C=O) groups is 2. The van der Waals surface area contributed by atoms with Crippen LogP contribution in [0.1, 0.15) is 31.4 Å². The molecule has 1 aliphatic heterocycles. The van der Waals surface area contributed by atoms with E-state index in [0.717, 1.165) is 4.90 Å². The molecule has 4 nitrogen and oxygen atoms in total. The molecule has 2 amide bonds. The molecule has 0 aliphatic carbocycles. The highest BCUT2D eigenvalue weighted by Gasteiger charge is 2.44.